The number of aliphatic hydroxyl groups is 1. The van der Waals surface area contributed by atoms with Gasteiger partial charge < -0.3 is 10.1 Å². The molecule has 0 aliphatic heterocycles. The smallest absolute Gasteiger partial charge is 0.0558 e. The van der Waals surface area contributed by atoms with E-state index in [1.165, 1.54) is 31.2 Å². The Kier molecular flexibility index (Phi) is 3.80. The lowest BCUT2D eigenvalue weighted by atomic mass is 10.2. The fraction of sp³-hybridized carbons (Fsp3) is 0.667. The first-order chi connectivity index (χ1) is 7.40. The molecule has 15 heavy (non-hydrogen) atoms. The molecule has 1 aromatic rings. The maximum Gasteiger partial charge on any atom is 0.0558 e. The molecule has 0 aromatic carbocycles. The van der Waals surface area contributed by atoms with E-state index in [2.05, 4.69) is 16.0 Å². The molecule has 0 saturated heterocycles. The van der Waals surface area contributed by atoms with Crippen molar-refractivity contribution in [3.63, 3.8) is 0 Å². The Balaban J connectivity index is 1.93. The molecule has 0 amide bonds. The van der Waals surface area contributed by atoms with Crippen molar-refractivity contribution in [2.24, 2.45) is 0 Å². The molecule has 1 heterocycles. The zero-order valence-corrected chi connectivity index (χ0v) is 9.15. The third-order valence-corrected chi connectivity index (χ3v) is 3.28. The normalized spacial score (nSPS) is 17.7. The van der Waals surface area contributed by atoms with E-state index in [9.17, 15) is 0 Å². The summed E-state index contributed by atoms with van der Waals surface area (Å²) in [7, 11) is 0. The van der Waals surface area contributed by atoms with Gasteiger partial charge in [0.05, 0.1) is 6.61 Å². The second kappa shape index (κ2) is 5.33. The summed E-state index contributed by atoms with van der Waals surface area (Å²) in [5.74, 6) is 0. The van der Waals surface area contributed by atoms with Crippen molar-refractivity contribution in [2.45, 2.75) is 38.3 Å². The lowest BCUT2D eigenvalue weighted by molar-refractivity contribution is 0.145. The Morgan fingerprint density at radius 1 is 1.40 bits per heavy atom. The van der Waals surface area contributed by atoms with Crippen LogP contribution in [0.25, 0.3) is 0 Å². The number of hydrogen-bond acceptors (Lipinski definition) is 2. The molecule has 0 unspecified atom stereocenters. The molecule has 0 bridgehead atoms. The van der Waals surface area contributed by atoms with Crippen LogP contribution in [0, 0.1) is 0 Å². The highest BCUT2D eigenvalue weighted by Crippen LogP contribution is 2.24. The van der Waals surface area contributed by atoms with E-state index in [-0.39, 0.29) is 6.61 Å². The number of H-pyrrole nitrogens is 1. The highest BCUT2D eigenvalue weighted by Gasteiger charge is 2.22. The predicted molar refractivity (Wildman–Crippen MR) is 60.5 cm³/mol. The molecule has 2 N–H and O–H groups in total. The maximum absolute atomic E-state index is 9.08. The van der Waals surface area contributed by atoms with Crippen molar-refractivity contribution < 1.29 is 5.11 Å². The summed E-state index contributed by atoms with van der Waals surface area (Å²) >= 11 is 0. The summed E-state index contributed by atoms with van der Waals surface area (Å²) in [5, 5.41) is 9.08. The van der Waals surface area contributed by atoms with E-state index in [4.69, 9.17) is 5.11 Å². The Hall–Kier alpha value is -0.800. The Morgan fingerprint density at radius 2 is 2.20 bits per heavy atom. The first-order valence-electron chi connectivity index (χ1n) is 5.86. The number of nitrogens with one attached hydrogen (secondary N) is 1. The first-order valence-corrected chi connectivity index (χ1v) is 5.86. The second-order valence-electron chi connectivity index (χ2n) is 4.35. The third-order valence-electron chi connectivity index (χ3n) is 3.28. The highest BCUT2D eigenvalue weighted by atomic mass is 16.3. The molecule has 0 radical (unpaired) electrons. The zero-order chi connectivity index (χ0) is 10.5. The van der Waals surface area contributed by atoms with Gasteiger partial charge in [0.15, 0.2) is 0 Å². The van der Waals surface area contributed by atoms with Crippen molar-refractivity contribution in [2.75, 3.05) is 13.2 Å². The van der Waals surface area contributed by atoms with Crippen LogP contribution >= 0.6 is 0 Å². The fourth-order valence-electron chi connectivity index (χ4n) is 2.48. The Bertz CT molecular complexity index is 265. The summed E-state index contributed by atoms with van der Waals surface area (Å²) in [4.78, 5) is 5.49. The molecule has 1 saturated carbocycles. The number of aliphatic hydroxyl groups excluding tert-OH is 1. The summed E-state index contributed by atoms with van der Waals surface area (Å²) in [6, 6.07) is 2.80. The van der Waals surface area contributed by atoms with Gasteiger partial charge in [0.25, 0.3) is 0 Å². The molecule has 3 nitrogen and oxygen atoms in total. The number of rotatable bonds is 5. The van der Waals surface area contributed by atoms with Crippen molar-refractivity contribution in [3.8, 4) is 0 Å². The molecular weight excluding hydrogens is 188 g/mol. The molecule has 0 atom stereocenters. The maximum atomic E-state index is 9.08. The summed E-state index contributed by atoms with van der Waals surface area (Å²) in [5.41, 5.74) is 1.32. The van der Waals surface area contributed by atoms with E-state index >= 15 is 0 Å². The van der Waals surface area contributed by atoms with Gasteiger partial charge in [-0.15, -0.1) is 0 Å². The molecule has 3 heteroatoms. The van der Waals surface area contributed by atoms with Crippen LogP contribution in [0.1, 0.15) is 31.2 Å². The zero-order valence-electron chi connectivity index (χ0n) is 9.15. The average molecular weight is 208 g/mol. The molecule has 2 rings (SSSR count). The van der Waals surface area contributed by atoms with E-state index in [1.54, 1.807) is 0 Å². The van der Waals surface area contributed by atoms with Crippen LogP contribution in [-0.4, -0.2) is 34.2 Å². The fourth-order valence-corrected chi connectivity index (χ4v) is 2.48. The SMILES string of the molecule is OCCN(Cc1cc[nH]c1)C1CCCC1. The highest BCUT2D eigenvalue weighted by molar-refractivity contribution is 5.08. The van der Waals surface area contributed by atoms with Gasteiger partial charge >= 0.3 is 0 Å². The molecule has 1 aromatic heterocycles. The van der Waals surface area contributed by atoms with Gasteiger partial charge in [0.1, 0.15) is 0 Å². The summed E-state index contributed by atoms with van der Waals surface area (Å²) in [6.07, 6.45) is 9.29. The third kappa shape index (κ3) is 2.83. The van der Waals surface area contributed by atoms with Gasteiger partial charge in [-0.1, -0.05) is 12.8 Å². The molecule has 1 aliphatic rings. The quantitative estimate of drug-likeness (QED) is 0.774. The number of aromatic nitrogens is 1. The van der Waals surface area contributed by atoms with Gasteiger partial charge in [-0.05, 0) is 24.5 Å². The van der Waals surface area contributed by atoms with E-state index in [1.807, 2.05) is 12.4 Å². The molecule has 1 fully saturated rings. The van der Waals surface area contributed by atoms with Gasteiger partial charge in [0.2, 0.25) is 0 Å². The monoisotopic (exact) mass is 208 g/mol. The molecule has 1 aliphatic carbocycles. The van der Waals surface area contributed by atoms with E-state index < -0.39 is 0 Å². The lowest BCUT2D eigenvalue weighted by Crippen LogP contribution is -2.34. The number of aromatic amines is 1. The minimum absolute atomic E-state index is 0.265. The van der Waals surface area contributed by atoms with Crippen LogP contribution in [0.3, 0.4) is 0 Å². The standard InChI is InChI=1S/C12H20N2O/c15-8-7-14(12-3-1-2-4-12)10-11-5-6-13-9-11/h5-6,9,12-13,15H,1-4,7-8,10H2. The Labute approximate surface area is 91.1 Å². The summed E-state index contributed by atoms with van der Waals surface area (Å²) < 4.78 is 0. The van der Waals surface area contributed by atoms with Gasteiger partial charge in [0, 0.05) is 31.5 Å². The van der Waals surface area contributed by atoms with Crippen LogP contribution < -0.4 is 0 Å². The minimum atomic E-state index is 0.265. The minimum Gasteiger partial charge on any atom is -0.395 e. The molecular formula is C12H20N2O. The van der Waals surface area contributed by atoms with Crippen LogP contribution in [0.4, 0.5) is 0 Å². The van der Waals surface area contributed by atoms with Crippen LogP contribution in [0.2, 0.25) is 0 Å². The topological polar surface area (TPSA) is 39.3 Å². The first kappa shape index (κ1) is 10.7. The lowest BCUT2D eigenvalue weighted by Gasteiger charge is -2.27. The molecule has 0 spiro atoms. The van der Waals surface area contributed by atoms with E-state index in [0.717, 1.165) is 13.1 Å². The van der Waals surface area contributed by atoms with Crippen molar-refractivity contribution in [1.82, 2.24) is 9.88 Å². The van der Waals surface area contributed by atoms with Gasteiger partial charge in [-0.25, -0.2) is 0 Å². The van der Waals surface area contributed by atoms with Gasteiger partial charge in [-0.2, -0.15) is 0 Å². The number of hydrogen-bond donors (Lipinski definition) is 2. The predicted octanol–water partition coefficient (Wildman–Crippen LogP) is 1.75. The van der Waals surface area contributed by atoms with Crippen molar-refractivity contribution in [1.29, 1.82) is 0 Å². The average Bonchev–Trinajstić information content (AvgIpc) is 2.89. The van der Waals surface area contributed by atoms with Gasteiger partial charge in [-0.3, -0.25) is 4.90 Å². The van der Waals surface area contributed by atoms with E-state index in [0.29, 0.717) is 6.04 Å². The summed E-state index contributed by atoms with van der Waals surface area (Å²) in [6.45, 7) is 2.03. The van der Waals surface area contributed by atoms with Crippen LogP contribution in [0.15, 0.2) is 18.5 Å². The van der Waals surface area contributed by atoms with Crippen LogP contribution in [-0.2, 0) is 6.54 Å². The van der Waals surface area contributed by atoms with Crippen molar-refractivity contribution in [3.05, 3.63) is 24.0 Å². The van der Waals surface area contributed by atoms with Crippen molar-refractivity contribution >= 4 is 0 Å². The Morgan fingerprint density at radius 3 is 2.80 bits per heavy atom. The number of nitrogens with zero attached hydrogens (tertiary/aromatic N) is 1. The second-order valence-corrected chi connectivity index (χ2v) is 4.35. The largest absolute Gasteiger partial charge is 0.395 e. The molecule has 84 valence electrons. The van der Waals surface area contributed by atoms with Crippen LogP contribution in [0.5, 0.6) is 0 Å².